The molecule has 13 heavy (non-hydrogen) atoms. The molecule has 0 atom stereocenters. The number of aromatic amines is 1. The van der Waals surface area contributed by atoms with Gasteiger partial charge in [0, 0.05) is 0 Å². The van der Waals surface area contributed by atoms with Crippen LogP contribution in [0.5, 0.6) is 0 Å². The summed E-state index contributed by atoms with van der Waals surface area (Å²) in [5.74, 6) is 0. The Morgan fingerprint density at radius 2 is 1.92 bits per heavy atom. The van der Waals surface area contributed by atoms with E-state index in [0.29, 0.717) is 5.37 Å². The van der Waals surface area contributed by atoms with Gasteiger partial charge >= 0.3 is 6.18 Å². The Morgan fingerprint density at radius 3 is 2.31 bits per heavy atom. The van der Waals surface area contributed by atoms with Crippen molar-refractivity contribution in [2.45, 2.75) is 6.18 Å². The summed E-state index contributed by atoms with van der Waals surface area (Å²) in [4.78, 5) is 1.91. The Balaban J connectivity index is 3.07. The van der Waals surface area contributed by atoms with E-state index in [1.807, 2.05) is 4.98 Å². The van der Waals surface area contributed by atoms with Crippen LogP contribution in [0.1, 0.15) is 11.4 Å². The minimum Gasteiger partial charge on any atom is -0.351 e. The fraction of sp³-hybridized carbons (Fsp3) is 0.167. The Bertz CT molecular complexity index is 421. The van der Waals surface area contributed by atoms with E-state index in [2.05, 4.69) is 0 Å². The Kier molecular flexibility index (Phi) is 2.46. The number of nitrogens with one attached hydrogen (secondary N) is 1. The van der Waals surface area contributed by atoms with Crippen LogP contribution in [0.4, 0.5) is 13.2 Å². The third kappa shape index (κ3) is 2.62. The average Bonchev–Trinajstić information content (AvgIpc) is 2.32. The van der Waals surface area contributed by atoms with E-state index < -0.39 is 22.2 Å². The van der Waals surface area contributed by atoms with E-state index in [1.165, 1.54) is 0 Å². The number of hydrogen-bond acceptors (Lipinski definition) is 2. The smallest absolute Gasteiger partial charge is 0.351 e. The Labute approximate surface area is 72.7 Å². The third-order valence-corrected chi connectivity index (χ3v) is 1.68. The molecule has 0 aromatic carbocycles. The predicted molar refractivity (Wildman–Crippen MR) is 39.9 cm³/mol. The van der Waals surface area contributed by atoms with Gasteiger partial charge in [0.15, 0.2) is 0 Å². The quantitative estimate of drug-likeness (QED) is 0.706. The summed E-state index contributed by atoms with van der Waals surface area (Å²) in [7, 11) is -2.50. The molecule has 0 radical (unpaired) electrons. The van der Waals surface area contributed by atoms with Gasteiger partial charge in [0.05, 0.1) is 11.1 Å². The monoisotopic (exact) mass is 211 g/mol. The van der Waals surface area contributed by atoms with Crippen LogP contribution in [0.2, 0.25) is 0 Å². The van der Waals surface area contributed by atoms with Gasteiger partial charge < -0.3 is 4.98 Å². The molecule has 1 heterocycles. The largest absolute Gasteiger partial charge is 0.431 e. The van der Waals surface area contributed by atoms with Gasteiger partial charge in [-0.15, -0.1) is 0 Å². The molecule has 0 unspecified atom stereocenters. The van der Waals surface area contributed by atoms with Gasteiger partial charge in [0.2, 0.25) is 10.3 Å². The molecular weight excluding hydrogens is 207 g/mol. The molecule has 7 heteroatoms. The maximum Gasteiger partial charge on any atom is 0.431 e. The van der Waals surface area contributed by atoms with Crippen molar-refractivity contribution in [1.29, 1.82) is 0 Å². The first kappa shape index (κ1) is 9.85. The summed E-state index contributed by atoms with van der Waals surface area (Å²) in [5, 5.41) is 0.662. The molecule has 1 aromatic heterocycles. The summed E-state index contributed by atoms with van der Waals surface area (Å²) < 4.78 is 56.0. The third-order valence-electron chi connectivity index (χ3n) is 1.24. The molecule has 0 aliphatic rings. The highest BCUT2D eigenvalue weighted by molar-refractivity contribution is 7.71. The van der Waals surface area contributed by atoms with Gasteiger partial charge in [-0.2, -0.15) is 21.6 Å². The van der Waals surface area contributed by atoms with Crippen molar-refractivity contribution in [2.75, 3.05) is 0 Å². The van der Waals surface area contributed by atoms with Crippen molar-refractivity contribution < 1.29 is 21.6 Å². The van der Waals surface area contributed by atoms with Gasteiger partial charge in [0.25, 0.3) is 0 Å². The molecule has 0 saturated carbocycles. The first-order valence-electron chi connectivity index (χ1n) is 3.09. The zero-order valence-electron chi connectivity index (χ0n) is 6.09. The maximum absolute atomic E-state index is 11.9. The lowest BCUT2D eigenvalue weighted by atomic mass is 10.4. The van der Waals surface area contributed by atoms with Gasteiger partial charge in [0.1, 0.15) is 5.69 Å². The number of halogens is 3. The van der Waals surface area contributed by atoms with E-state index in [-0.39, 0.29) is 5.69 Å². The van der Waals surface area contributed by atoms with Crippen molar-refractivity contribution in [2.24, 2.45) is 0 Å². The average molecular weight is 211 g/mol. The molecule has 0 aliphatic carbocycles. The van der Waals surface area contributed by atoms with Gasteiger partial charge in [-0.05, 0) is 12.1 Å². The normalized spacial score (nSPS) is 11.3. The number of alkyl halides is 3. The standard InChI is InChI=1S/C6H4F3NO2S/c7-6(8,9)5-2-1-4(10-5)3-13(11)12/h1-3,10H. The summed E-state index contributed by atoms with van der Waals surface area (Å²) in [6.45, 7) is 0. The summed E-state index contributed by atoms with van der Waals surface area (Å²) in [6, 6.07) is 1.82. The maximum atomic E-state index is 11.9. The van der Waals surface area contributed by atoms with Gasteiger partial charge in [-0.25, -0.2) is 0 Å². The minimum atomic E-state index is -4.48. The van der Waals surface area contributed by atoms with E-state index in [1.54, 1.807) is 0 Å². The van der Waals surface area contributed by atoms with Crippen LogP contribution in [-0.2, 0) is 16.5 Å². The lowest BCUT2D eigenvalue weighted by Gasteiger charge is -2.00. The van der Waals surface area contributed by atoms with Crippen LogP contribution in [0.3, 0.4) is 0 Å². The van der Waals surface area contributed by atoms with Crippen molar-refractivity contribution in [3.8, 4) is 0 Å². The molecule has 72 valence electrons. The highest BCUT2D eigenvalue weighted by atomic mass is 32.2. The Hall–Kier alpha value is -1.24. The molecule has 1 rings (SSSR count). The molecule has 0 spiro atoms. The molecule has 3 nitrogen and oxygen atoms in total. The van der Waals surface area contributed by atoms with Gasteiger partial charge in [-0.3, -0.25) is 0 Å². The zero-order chi connectivity index (χ0) is 10.1. The van der Waals surface area contributed by atoms with Crippen LogP contribution < -0.4 is 0 Å². The second kappa shape index (κ2) is 3.25. The van der Waals surface area contributed by atoms with Crippen LogP contribution in [0.25, 0.3) is 0 Å². The number of hydrogen-bond donors (Lipinski definition) is 1. The predicted octanol–water partition coefficient (Wildman–Crippen LogP) is 1.06. The summed E-state index contributed by atoms with van der Waals surface area (Å²) in [6.07, 6.45) is -4.48. The highest BCUT2D eigenvalue weighted by Crippen LogP contribution is 2.27. The van der Waals surface area contributed by atoms with Crippen LogP contribution in [0, 0.1) is 0 Å². The topological polar surface area (TPSA) is 49.9 Å². The van der Waals surface area contributed by atoms with Crippen LogP contribution >= 0.6 is 0 Å². The lowest BCUT2D eigenvalue weighted by molar-refractivity contribution is -0.140. The summed E-state index contributed by atoms with van der Waals surface area (Å²) >= 11 is 0. The van der Waals surface area contributed by atoms with Crippen LogP contribution in [-0.4, -0.2) is 18.8 Å². The SMILES string of the molecule is O=S(=O)=Cc1ccc(C(F)(F)F)[nH]1. The fourth-order valence-electron chi connectivity index (χ4n) is 0.750. The van der Waals surface area contributed by atoms with Crippen molar-refractivity contribution in [1.82, 2.24) is 4.98 Å². The highest BCUT2D eigenvalue weighted by Gasteiger charge is 2.31. The van der Waals surface area contributed by atoms with Gasteiger partial charge in [-0.1, -0.05) is 0 Å². The summed E-state index contributed by atoms with van der Waals surface area (Å²) in [5.41, 5.74) is -1.06. The molecule has 0 bridgehead atoms. The molecule has 1 aromatic rings. The molecule has 1 N–H and O–H groups in total. The second-order valence-electron chi connectivity index (χ2n) is 2.20. The minimum absolute atomic E-state index is 0.0966. The van der Waals surface area contributed by atoms with E-state index in [9.17, 15) is 21.6 Å². The molecule has 0 aliphatic heterocycles. The fourth-order valence-corrected chi connectivity index (χ4v) is 1.09. The van der Waals surface area contributed by atoms with E-state index >= 15 is 0 Å². The number of aromatic nitrogens is 1. The van der Waals surface area contributed by atoms with E-state index in [4.69, 9.17) is 0 Å². The van der Waals surface area contributed by atoms with Crippen molar-refractivity contribution in [3.63, 3.8) is 0 Å². The molecule has 0 amide bonds. The number of H-pyrrole nitrogens is 1. The van der Waals surface area contributed by atoms with Crippen molar-refractivity contribution >= 4 is 15.7 Å². The second-order valence-corrected chi connectivity index (χ2v) is 2.96. The van der Waals surface area contributed by atoms with Crippen molar-refractivity contribution in [3.05, 3.63) is 23.5 Å². The Morgan fingerprint density at radius 1 is 1.31 bits per heavy atom. The lowest BCUT2D eigenvalue weighted by Crippen LogP contribution is -2.05. The molecule has 0 fully saturated rings. The molecule has 0 saturated heterocycles. The van der Waals surface area contributed by atoms with E-state index in [0.717, 1.165) is 12.1 Å². The van der Waals surface area contributed by atoms with Crippen LogP contribution in [0.15, 0.2) is 12.1 Å². The first-order valence-corrected chi connectivity index (χ1v) is 4.22. The first-order chi connectivity index (χ1) is 5.89. The number of rotatable bonds is 1. The zero-order valence-corrected chi connectivity index (χ0v) is 6.91. The molecular formula is C6H4F3NO2S.